The number of alkyl halides is 1. The standard InChI is InChI=1S/C9H18ClNO/c1-8-3-4-9(12-8)7-11-6-2-5-10/h8-9,11H,2-7H2,1H3. The van der Waals surface area contributed by atoms with E-state index in [1.165, 1.54) is 12.8 Å². The third kappa shape index (κ3) is 3.74. The van der Waals surface area contributed by atoms with Crippen LogP contribution in [0.1, 0.15) is 26.2 Å². The highest BCUT2D eigenvalue weighted by atomic mass is 35.5. The summed E-state index contributed by atoms with van der Waals surface area (Å²) >= 11 is 5.55. The topological polar surface area (TPSA) is 21.3 Å². The van der Waals surface area contributed by atoms with Crippen LogP contribution in [0.2, 0.25) is 0 Å². The zero-order chi connectivity index (χ0) is 8.81. The zero-order valence-electron chi connectivity index (χ0n) is 7.68. The minimum absolute atomic E-state index is 0.440. The number of rotatable bonds is 5. The number of hydrogen-bond donors (Lipinski definition) is 1. The fraction of sp³-hybridized carbons (Fsp3) is 1.00. The molecule has 2 nitrogen and oxygen atoms in total. The summed E-state index contributed by atoms with van der Waals surface area (Å²) in [5.41, 5.74) is 0. The van der Waals surface area contributed by atoms with Crippen molar-refractivity contribution in [2.75, 3.05) is 19.0 Å². The average Bonchev–Trinajstić information content (AvgIpc) is 2.45. The van der Waals surface area contributed by atoms with E-state index in [2.05, 4.69) is 12.2 Å². The zero-order valence-corrected chi connectivity index (χ0v) is 8.44. The molecule has 1 heterocycles. The van der Waals surface area contributed by atoms with Gasteiger partial charge >= 0.3 is 0 Å². The molecule has 0 spiro atoms. The van der Waals surface area contributed by atoms with Crippen LogP contribution in [0.5, 0.6) is 0 Å². The third-order valence-corrected chi connectivity index (χ3v) is 2.45. The molecule has 0 saturated carbocycles. The van der Waals surface area contributed by atoms with E-state index in [0.717, 1.165) is 25.4 Å². The Morgan fingerprint density at radius 2 is 2.33 bits per heavy atom. The van der Waals surface area contributed by atoms with Gasteiger partial charge in [0.1, 0.15) is 0 Å². The normalized spacial score (nSPS) is 29.5. The molecular formula is C9H18ClNO. The smallest absolute Gasteiger partial charge is 0.0704 e. The molecule has 0 aromatic heterocycles. The number of nitrogens with one attached hydrogen (secondary N) is 1. The minimum atomic E-state index is 0.440. The van der Waals surface area contributed by atoms with Crippen LogP contribution in [0.15, 0.2) is 0 Å². The first kappa shape index (κ1) is 10.3. The lowest BCUT2D eigenvalue weighted by Crippen LogP contribution is -2.27. The molecule has 1 saturated heterocycles. The Morgan fingerprint density at radius 1 is 1.50 bits per heavy atom. The molecule has 1 aliphatic heterocycles. The number of ether oxygens (including phenoxy) is 1. The highest BCUT2D eigenvalue weighted by Crippen LogP contribution is 2.17. The Hall–Kier alpha value is 0.210. The quantitative estimate of drug-likeness (QED) is 0.529. The summed E-state index contributed by atoms with van der Waals surface area (Å²) in [4.78, 5) is 0. The van der Waals surface area contributed by atoms with Crippen LogP contribution in [-0.4, -0.2) is 31.2 Å². The second-order valence-corrected chi connectivity index (χ2v) is 3.77. The van der Waals surface area contributed by atoms with Gasteiger partial charge in [0, 0.05) is 12.4 Å². The summed E-state index contributed by atoms with van der Waals surface area (Å²) in [5, 5.41) is 3.34. The van der Waals surface area contributed by atoms with E-state index in [9.17, 15) is 0 Å². The monoisotopic (exact) mass is 191 g/mol. The van der Waals surface area contributed by atoms with E-state index in [1.54, 1.807) is 0 Å². The van der Waals surface area contributed by atoms with Gasteiger partial charge in [0.2, 0.25) is 0 Å². The average molecular weight is 192 g/mol. The third-order valence-electron chi connectivity index (χ3n) is 2.18. The predicted molar refractivity (Wildman–Crippen MR) is 51.8 cm³/mol. The van der Waals surface area contributed by atoms with Crippen LogP contribution in [0, 0.1) is 0 Å². The Balaban J connectivity index is 1.93. The van der Waals surface area contributed by atoms with Crippen molar-refractivity contribution >= 4 is 11.6 Å². The van der Waals surface area contributed by atoms with Gasteiger partial charge in [0.05, 0.1) is 12.2 Å². The van der Waals surface area contributed by atoms with Gasteiger partial charge in [-0.15, -0.1) is 11.6 Å². The molecule has 0 aromatic carbocycles. The molecule has 1 N–H and O–H groups in total. The van der Waals surface area contributed by atoms with Crippen molar-refractivity contribution in [1.29, 1.82) is 0 Å². The maximum absolute atomic E-state index is 5.65. The van der Waals surface area contributed by atoms with Gasteiger partial charge < -0.3 is 10.1 Å². The van der Waals surface area contributed by atoms with E-state index in [-0.39, 0.29) is 0 Å². The van der Waals surface area contributed by atoms with Crippen molar-refractivity contribution in [1.82, 2.24) is 5.32 Å². The maximum Gasteiger partial charge on any atom is 0.0704 e. The SMILES string of the molecule is CC1CCC(CNCCCCl)O1. The second kappa shape index (κ2) is 5.79. The van der Waals surface area contributed by atoms with Crippen LogP contribution >= 0.6 is 11.6 Å². The predicted octanol–water partition coefficient (Wildman–Crippen LogP) is 1.77. The molecule has 3 heteroatoms. The second-order valence-electron chi connectivity index (χ2n) is 3.39. The first-order chi connectivity index (χ1) is 5.83. The van der Waals surface area contributed by atoms with E-state index in [0.29, 0.717) is 12.2 Å². The molecule has 0 amide bonds. The molecule has 72 valence electrons. The first-order valence-corrected chi connectivity index (χ1v) is 5.28. The van der Waals surface area contributed by atoms with Gasteiger partial charge in [-0.05, 0) is 32.7 Å². The van der Waals surface area contributed by atoms with Crippen LogP contribution in [0.3, 0.4) is 0 Å². The van der Waals surface area contributed by atoms with Crippen LogP contribution in [0.25, 0.3) is 0 Å². The van der Waals surface area contributed by atoms with E-state index in [1.807, 2.05) is 0 Å². The highest BCUT2D eigenvalue weighted by molar-refractivity contribution is 6.17. The Kier molecular flexibility index (Phi) is 4.96. The Labute approximate surface area is 79.6 Å². The molecule has 0 bridgehead atoms. The maximum atomic E-state index is 5.65. The molecule has 0 aliphatic carbocycles. The summed E-state index contributed by atoms with van der Waals surface area (Å²) in [7, 11) is 0. The van der Waals surface area contributed by atoms with Gasteiger partial charge in [-0.25, -0.2) is 0 Å². The largest absolute Gasteiger partial charge is 0.374 e. The van der Waals surface area contributed by atoms with E-state index in [4.69, 9.17) is 16.3 Å². The van der Waals surface area contributed by atoms with Crippen molar-refractivity contribution in [3.8, 4) is 0 Å². The number of halogens is 1. The fourth-order valence-corrected chi connectivity index (χ4v) is 1.62. The van der Waals surface area contributed by atoms with Gasteiger partial charge in [-0.1, -0.05) is 0 Å². The van der Waals surface area contributed by atoms with Gasteiger partial charge in [-0.3, -0.25) is 0 Å². The molecule has 1 fully saturated rings. The Morgan fingerprint density at radius 3 is 2.92 bits per heavy atom. The minimum Gasteiger partial charge on any atom is -0.374 e. The molecule has 1 aliphatic rings. The lowest BCUT2D eigenvalue weighted by atomic mass is 10.2. The summed E-state index contributed by atoms with van der Waals surface area (Å²) in [6.45, 7) is 4.14. The molecule has 12 heavy (non-hydrogen) atoms. The van der Waals surface area contributed by atoms with Crippen LogP contribution in [0.4, 0.5) is 0 Å². The summed E-state index contributed by atoms with van der Waals surface area (Å²) in [6.07, 6.45) is 4.36. The summed E-state index contributed by atoms with van der Waals surface area (Å²) in [6, 6.07) is 0. The molecule has 2 unspecified atom stereocenters. The summed E-state index contributed by atoms with van der Waals surface area (Å²) < 4.78 is 5.65. The van der Waals surface area contributed by atoms with Crippen molar-refractivity contribution in [2.45, 2.75) is 38.4 Å². The lowest BCUT2D eigenvalue weighted by molar-refractivity contribution is 0.0562. The first-order valence-electron chi connectivity index (χ1n) is 4.75. The van der Waals surface area contributed by atoms with Crippen LogP contribution < -0.4 is 5.32 Å². The van der Waals surface area contributed by atoms with Gasteiger partial charge in [0.15, 0.2) is 0 Å². The molecule has 1 rings (SSSR count). The number of hydrogen-bond acceptors (Lipinski definition) is 2. The molecule has 2 atom stereocenters. The lowest BCUT2D eigenvalue weighted by Gasteiger charge is -2.11. The fourth-order valence-electron chi connectivity index (χ4n) is 1.49. The highest BCUT2D eigenvalue weighted by Gasteiger charge is 2.20. The summed E-state index contributed by atoms with van der Waals surface area (Å²) in [5.74, 6) is 0.745. The van der Waals surface area contributed by atoms with Crippen molar-refractivity contribution in [3.63, 3.8) is 0 Å². The van der Waals surface area contributed by atoms with Crippen molar-refractivity contribution < 1.29 is 4.74 Å². The van der Waals surface area contributed by atoms with Crippen LogP contribution in [-0.2, 0) is 4.74 Å². The Bertz CT molecular complexity index is 121. The van der Waals surface area contributed by atoms with Crippen molar-refractivity contribution in [3.05, 3.63) is 0 Å². The van der Waals surface area contributed by atoms with E-state index >= 15 is 0 Å². The molecular weight excluding hydrogens is 174 g/mol. The van der Waals surface area contributed by atoms with Gasteiger partial charge in [0.25, 0.3) is 0 Å². The molecule has 0 radical (unpaired) electrons. The van der Waals surface area contributed by atoms with Crippen molar-refractivity contribution in [2.24, 2.45) is 0 Å². The van der Waals surface area contributed by atoms with Gasteiger partial charge in [-0.2, -0.15) is 0 Å². The van der Waals surface area contributed by atoms with E-state index < -0.39 is 0 Å². The molecule has 0 aromatic rings.